The summed E-state index contributed by atoms with van der Waals surface area (Å²) >= 11 is 0. The van der Waals surface area contributed by atoms with Gasteiger partial charge in [-0.2, -0.15) is 0 Å². The van der Waals surface area contributed by atoms with Crippen molar-refractivity contribution in [2.24, 2.45) is 0 Å². The Morgan fingerprint density at radius 2 is 2.20 bits per heavy atom. The standard InChI is InChI=1S/C12H23NO2/c1-3-15-10-6-9-13-11-7-4-5-8-12(11)14-2/h3,11-13H,1,4-10H2,2H3. The zero-order chi connectivity index (χ0) is 10.9. The first-order valence-corrected chi connectivity index (χ1v) is 5.87. The van der Waals surface area contributed by atoms with Crippen molar-refractivity contribution >= 4 is 0 Å². The van der Waals surface area contributed by atoms with Crippen LogP contribution in [0.15, 0.2) is 12.8 Å². The van der Waals surface area contributed by atoms with Gasteiger partial charge in [-0.25, -0.2) is 0 Å². The molecule has 1 rings (SSSR count). The SMILES string of the molecule is C=COCCCNC1CCCCC1OC. The molecular formula is C12H23NO2. The predicted octanol–water partition coefficient (Wildman–Crippen LogP) is 2.08. The maximum absolute atomic E-state index is 5.47. The summed E-state index contributed by atoms with van der Waals surface area (Å²) in [4.78, 5) is 0. The Balaban J connectivity index is 2.09. The highest BCUT2D eigenvalue weighted by Gasteiger charge is 2.23. The molecule has 15 heavy (non-hydrogen) atoms. The average Bonchev–Trinajstić information content (AvgIpc) is 2.29. The summed E-state index contributed by atoms with van der Waals surface area (Å²) in [6.07, 6.45) is 7.98. The van der Waals surface area contributed by atoms with Crippen molar-refractivity contribution in [3.05, 3.63) is 12.8 Å². The van der Waals surface area contributed by atoms with E-state index in [0.29, 0.717) is 12.1 Å². The van der Waals surface area contributed by atoms with Crippen LogP contribution in [0.4, 0.5) is 0 Å². The van der Waals surface area contributed by atoms with E-state index >= 15 is 0 Å². The molecule has 0 spiro atoms. The molecule has 1 saturated carbocycles. The minimum absolute atomic E-state index is 0.402. The van der Waals surface area contributed by atoms with Gasteiger partial charge >= 0.3 is 0 Å². The Hall–Kier alpha value is -0.540. The molecule has 88 valence electrons. The molecule has 0 radical (unpaired) electrons. The van der Waals surface area contributed by atoms with E-state index in [9.17, 15) is 0 Å². The molecule has 3 nitrogen and oxygen atoms in total. The third kappa shape index (κ3) is 4.67. The number of ether oxygens (including phenoxy) is 2. The fourth-order valence-electron chi connectivity index (χ4n) is 2.14. The molecule has 0 aromatic heterocycles. The molecule has 1 aliphatic rings. The van der Waals surface area contributed by atoms with Gasteiger partial charge in [-0.1, -0.05) is 19.4 Å². The van der Waals surface area contributed by atoms with Crippen LogP contribution in [0, 0.1) is 0 Å². The summed E-state index contributed by atoms with van der Waals surface area (Å²) in [5.74, 6) is 0. The molecule has 1 N–H and O–H groups in total. The Morgan fingerprint density at radius 1 is 1.40 bits per heavy atom. The third-order valence-electron chi connectivity index (χ3n) is 2.97. The topological polar surface area (TPSA) is 30.5 Å². The molecule has 2 atom stereocenters. The highest BCUT2D eigenvalue weighted by molar-refractivity contribution is 4.81. The molecule has 0 aliphatic heterocycles. The number of methoxy groups -OCH3 is 1. The van der Waals surface area contributed by atoms with Gasteiger partial charge in [0.25, 0.3) is 0 Å². The minimum atomic E-state index is 0.402. The molecule has 2 unspecified atom stereocenters. The van der Waals surface area contributed by atoms with Gasteiger partial charge in [0, 0.05) is 13.2 Å². The third-order valence-corrected chi connectivity index (χ3v) is 2.97. The van der Waals surface area contributed by atoms with Gasteiger partial charge in [-0.15, -0.1) is 0 Å². The van der Waals surface area contributed by atoms with E-state index in [2.05, 4.69) is 11.9 Å². The first-order valence-electron chi connectivity index (χ1n) is 5.87. The summed E-state index contributed by atoms with van der Waals surface area (Å²) < 4.78 is 10.5. The van der Waals surface area contributed by atoms with Crippen molar-refractivity contribution in [1.29, 1.82) is 0 Å². The number of rotatable bonds is 7. The summed E-state index contributed by atoms with van der Waals surface area (Å²) in [5, 5.41) is 3.54. The zero-order valence-electron chi connectivity index (χ0n) is 9.71. The van der Waals surface area contributed by atoms with E-state index in [4.69, 9.17) is 9.47 Å². The maximum atomic E-state index is 5.47. The van der Waals surface area contributed by atoms with Gasteiger partial charge in [0.15, 0.2) is 0 Å². The Bertz CT molecular complexity index is 173. The second-order valence-corrected chi connectivity index (χ2v) is 4.01. The maximum Gasteiger partial charge on any atom is 0.0885 e. The van der Waals surface area contributed by atoms with Gasteiger partial charge in [0.1, 0.15) is 0 Å². The van der Waals surface area contributed by atoms with Crippen LogP contribution in [0.5, 0.6) is 0 Å². The molecule has 0 aromatic carbocycles. The van der Waals surface area contributed by atoms with Crippen LogP contribution in [0.1, 0.15) is 32.1 Å². The highest BCUT2D eigenvalue weighted by atomic mass is 16.5. The fraction of sp³-hybridized carbons (Fsp3) is 0.833. The fourth-order valence-corrected chi connectivity index (χ4v) is 2.14. The van der Waals surface area contributed by atoms with Gasteiger partial charge in [0.2, 0.25) is 0 Å². The molecule has 1 aliphatic carbocycles. The molecule has 3 heteroatoms. The molecule has 0 heterocycles. The van der Waals surface area contributed by atoms with Crippen molar-refractivity contribution in [3.8, 4) is 0 Å². The quantitative estimate of drug-likeness (QED) is 0.519. The Labute approximate surface area is 92.8 Å². The molecule has 0 bridgehead atoms. The first-order chi connectivity index (χ1) is 7.38. The second kappa shape index (κ2) is 7.71. The van der Waals surface area contributed by atoms with Gasteiger partial charge in [-0.05, 0) is 25.8 Å². The van der Waals surface area contributed by atoms with Crippen molar-refractivity contribution in [1.82, 2.24) is 5.32 Å². The van der Waals surface area contributed by atoms with Gasteiger partial charge in [-0.3, -0.25) is 0 Å². The van der Waals surface area contributed by atoms with Crippen LogP contribution in [0.3, 0.4) is 0 Å². The predicted molar refractivity (Wildman–Crippen MR) is 61.8 cm³/mol. The highest BCUT2D eigenvalue weighted by Crippen LogP contribution is 2.20. The monoisotopic (exact) mass is 213 g/mol. The summed E-state index contributed by atoms with van der Waals surface area (Å²) in [6, 6.07) is 0.535. The van der Waals surface area contributed by atoms with E-state index in [0.717, 1.165) is 19.6 Å². The van der Waals surface area contributed by atoms with E-state index in [1.165, 1.54) is 31.9 Å². The summed E-state index contributed by atoms with van der Waals surface area (Å²) in [5.41, 5.74) is 0. The molecule has 0 aromatic rings. The lowest BCUT2D eigenvalue weighted by atomic mass is 9.92. The summed E-state index contributed by atoms with van der Waals surface area (Å²) in [7, 11) is 1.81. The lowest BCUT2D eigenvalue weighted by Gasteiger charge is -2.31. The lowest BCUT2D eigenvalue weighted by Crippen LogP contribution is -2.43. The average molecular weight is 213 g/mol. The van der Waals surface area contributed by atoms with Gasteiger partial charge in [0.05, 0.1) is 19.0 Å². The number of nitrogens with one attached hydrogen (secondary N) is 1. The molecule has 1 fully saturated rings. The van der Waals surface area contributed by atoms with Crippen LogP contribution in [-0.2, 0) is 9.47 Å². The smallest absolute Gasteiger partial charge is 0.0885 e. The van der Waals surface area contributed by atoms with Crippen molar-refractivity contribution in [2.75, 3.05) is 20.3 Å². The van der Waals surface area contributed by atoms with Crippen molar-refractivity contribution < 1.29 is 9.47 Å². The second-order valence-electron chi connectivity index (χ2n) is 4.01. The zero-order valence-corrected chi connectivity index (χ0v) is 9.71. The number of hydrogen-bond acceptors (Lipinski definition) is 3. The lowest BCUT2D eigenvalue weighted by molar-refractivity contribution is 0.0414. The first kappa shape index (κ1) is 12.5. The Morgan fingerprint density at radius 3 is 2.93 bits per heavy atom. The summed E-state index contributed by atoms with van der Waals surface area (Å²) in [6.45, 7) is 5.26. The van der Waals surface area contributed by atoms with Crippen LogP contribution in [0.25, 0.3) is 0 Å². The van der Waals surface area contributed by atoms with Crippen LogP contribution in [-0.4, -0.2) is 32.4 Å². The van der Waals surface area contributed by atoms with E-state index < -0.39 is 0 Å². The van der Waals surface area contributed by atoms with E-state index in [-0.39, 0.29) is 0 Å². The molecule has 0 saturated heterocycles. The Kier molecular flexibility index (Phi) is 6.44. The van der Waals surface area contributed by atoms with Crippen LogP contribution in [0.2, 0.25) is 0 Å². The largest absolute Gasteiger partial charge is 0.502 e. The van der Waals surface area contributed by atoms with E-state index in [1.807, 2.05) is 7.11 Å². The van der Waals surface area contributed by atoms with Crippen LogP contribution < -0.4 is 5.32 Å². The van der Waals surface area contributed by atoms with Crippen LogP contribution >= 0.6 is 0 Å². The molecule has 0 amide bonds. The minimum Gasteiger partial charge on any atom is -0.502 e. The normalized spacial score (nSPS) is 26.2. The van der Waals surface area contributed by atoms with Crippen molar-refractivity contribution in [2.45, 2.75) is 44.2 Å². The van der Waals surface area contributed by atoms with E-state index in [1.54, 1.807) is 0 Å². The van der Waals surface area contributed by atoms with Crippen molar-refractivity contribution in [3.63, 3.8) is 0 Å². The molecular weight excluding hydrogens is 190 g/mol. The number of hydrogen-bond donors (Lipinski definition) is 1. The van der Waals surface area contributed by atoms with Gasteiger partial charge < -0.3 is 14.8 Å².